The van der Waals surface area contributed by atoms with E-state index in [4.69, 9.17) is 9.88 Å². The minimum atomic E-state index is -0.413. The van der Waals surface area contributed by atoms with Crippen LogP contribution in [0, 0.1) is 0 Å². The van der Waals surface area contributed by atoms with E-state index in [1.54, 1.807) is 0 Å². The molecule has 0 saturated heterocycles. The van der Waals surface area contributed by atoms with Crippen molar-refractivity contribution in [1.29, 1.82) is 0 Å². The zero-order chi connectivity index (χ0) is 8.91. The van der Waals surface area contributed by atoms with E-state index < -0.39 is 5.60 Å². The third-order valence-electron chi connectivity index (χ3n) is 0.531. The molecule has 3 nitrogen and oxygen atoms in total. The molecule has 0 aromatic carbocycles. The predicted octanol–water partition coefficient (Wildman–Crippen LogP) is 2.82. The third-order valence-corrected chi connectivity index (χ3v) is 3.06. The highest BCUT2D eigenvalue weighted by Crippen LogP contribution is 2.32. The van der Waals surface area contributed by atoms with E-state index in [1.165, 1.54) is 9.83 Å². The van der Waals surface area contributed by atoms with E-state index in [1.807, 2.05) is 20.8 Å². The quantitative estimate of drug-likeness (QED) is 0.432. The minimum absolute atomic E-state index is 0.305. The summed E-state index contributed by atoms with van der Waals surface area (Å²) in [6.07, 6.45) is 0. The highest BCUT2D eigenvalue weighted by molar-refractivity contribution is 9.11. The molecule has 0 aliphatic rings. The summed E-state index contributed by atoms with van der Waals surface area (Å²) in [7, 11) is 3.23. The molecule has 0 rings (SSSR count). The van der Waals surface area contributed by atoms with E-state index in [-0.39, 0.29) is 5.30 Å². The van der Waals surface area contributed by atoms with Crippen molar-refractivity contribution in [2.45, 2.75) is 26.4 Å². The van der Waals surface area contributed by atoms with Crippen LogP contribution in [0.15, 0.2) is 0 Å². The highest BCUT2D eigenvalue weighted by atomic mass is 33.5. The molecule has 0 aliphatic heterocycles. The fourth-order valence-electron chi connectivity index (χ4n) is 0.314. The number of carbonyl (C=O) groups is 1. The number of ether oxygens (including phenoxy) is 1. The molecule has 0 saturated carbocycles. The summed E-state index contributed by atoms with van der Waals surface area (Å²) in [5.74, 6) is 0. The first-order chi connectivity index (χ1) is 4.95. The van der Waals surface area contributed by atoms with Crippen molar-refractivity contribution in [1.82, 2.24) is 0 Å². The van der Waals surface area contributed by atoms with E-state index in [0.717, 1.165) is 21.8 Å². The van der Waals surface area contributed by atoms with E-state index in [0.29, 0.717) is 0 Å². The average molecular weight is 213 g/mol. The van der Waals surface area contributed by atoms with Crippen LogP contribution in [0.3, 0.4) is 0 Å². The standard InChI is InChI=1S/C5H11NO2S3/c1-5(2,3)8-4(7)9-11-10-6/h6H2,1-3H3. The van der Waals surface area contributed by atoms with Crippen molar-refractivity contribution in [3.8, 4) is 0 Å². The second-order valence-corrected chi connectivity index (χ2v) is 6.25. The van der Waals surface area contributed by atoms with Gasteiger partial charge in [0.15, 0.2) is 0 Å². The molecule has 0 radical (unpaired) electrons. The van der Waals surface area contributed by atoms with Gasteiger partial charge in [0, 0.05) is 20.6 Å². The number of nitrogens with two attached hydrogens (primary N) is 1. The van der Waals surface area contributed by atoms with Gasteiger partial charge in [-0.15, -0.1) is 0 Å². The van der Waals surface area contributed by atoms with E-state index >= 15 is 0 Å². The fourth-order valence-corrected chi connectivity index (χ4v) is 1.93. The SMILES string of the molecule is CC(C)(C)OC(=O)SSSN. The summed E-state index contributed by atoms with van der Waals surface area (Å²) < 4.78 is 4.97. The summed E-state index contributed by atoms with van der Waals surface area (Å²) in [6.45, 7) is 5.48. The van der Waals surface area contributed by atoms with Gasteiger partial charge < -0.3 is 4.74 Å². The van der Waals surface area contributed by atoms with Crippen LogP contribution in [0.4, 0.5) is 4.79 Å². The van der Waals surface area contributed by atoms with Gasteiger partial charge in [0.2, 0.25) is 0 Å². The lowest BCUT2D eigenvalue weighted by atomic mass is 10.2. The van der Waals surface area contributed by atoms with Crippen molar-refractivity contribution in [2.75, 3.05) is 0 Å². The van der Waals surface area contributed by atoms with Gasteiger partial charge >= 0.3 is 5.30 Å². The van der Waals surface area contributed by atoms with Crippen LogP contribution in [0.1, 0.15) is 20.8 Å². The van der Waals surface area contributed by atoms with Gasteiger partial charge in [-0.25, -0.2) is 4.79 Å². The number of hydrogen-bond acceptors (Lipinski definition) is 6. The summed E-state index contributed by atoms with van der Waals surface area (Å²) in [6, 6.07) is 0. The molecule has 2 N–H and O–H groups in total. The van der Waals surface area contributed by atoms with Crippen molar-refractivity contribution < 1.29 is 9.53 Å². The molecule has 6 heteroatoms. The predicted molar refractivity (Wildman–Crippen MR) is 53.2 cm³/mol. The van der Waals surface area contributed by atoms with Gasteiger partial charge in [0.1, 0.15) is 5.60 Å². The Hall–Kier alpha value is 0.480. The molecular weight excluding hydrogens is 202 g/mol. The summed E-state index contributed by atoms with van der Waals surface area (Å²) in [4.78, 5) is 10.9. The Kier molecular flexibility index (Phi) is 5.41. The second-order valence-electron chi connectivity index (χ2n) is 2.71. The molecule has 0 bridgehead atoms. The fraction of sp³-hybridized carbons (Fsp3) is 0.800. The monoisotopic (exact) mass is 213 g/mol. The van der Waals surface area contributed by atoms with Crippen molar-refractivity contribution in [3.63, 3.8) is 0 Å². The molecule has 0 fully saturated rings. The van der Waals surface area contributed by atoms with Crippen LogP contribution in [-0.2, 0) is 4.74 Å². The Bertz CT molecular complexity index is 134. The van der Waals surface area contributed by atoms with Gasteiger partial charge in [-0.3, -0.25) is 5.14 Å². The van der Waals surface area contributed by atoms with Crippen LogP contribution in [0.2, 0.25) is 0 Å². The lowest BCUT2D eigenvalue weighted by Crippen LogP contribution is -2.20. The molecule has 0 spiro atoms. The number of rotatable bonds is 2. The lowest BCUT2D eigenvalue weighted by molar-refractivity contribution is 0.0740. The maximum absolute atomic E-state index is 10.9. The van der Waals surface area contributed by atoms with Crippen molar-refractivity contribution in [3.05, 3.63) is 0 Å². The topological polar surface area (TPSA) is 52.3 Å². The smallest absolute Gasteiger partial charge is 0.379 e. The Morgan fingerprint density at radius 1 is 1.45 bits per heavy atom. The average Bonchev–Trinajstić information content (AvgIpc) is 1.79. The van der Waals surface area contributed by atoms with Crippen LogP contribution in [0.5, 0.6) is 0 Å². The molecule has 0 atom stereocenters. The van der Waals surface area contributed by atoms with Crippen LogP contribution < -0.4 is 5.14 Å². The van der Waals surface area contributed by atoms with E-state index in [2.05, 4.69) is 0 Å². The molecule has 0 aliphatic carbocycles. The Morgan fingerprint density at radius 3 is 2.36 bits per heavy atom. The molecule has 0 aromatic rings. The molecular formula is C5H11NO2S3. The van der Waals surface area contributed by atoms with Gasteiger partial charge in [-0.1, -0.05) is 0 Å². The van der Waals surface area contributed by atoms with E-state index in [9.17, 15) is 4.79 Å². The first-order valence-corrected chi connectivity index (χ1v) is 6.43. The van der Waals surface area contributed by atoms with Gasteiger partial charge in [0.05, 0.1) is 0 Å². The molecule has 11 heavy (non-hydrogen) atoms. The maximum Gasteiger partial charge on any atom is 0.379 e. The van der Waals surface area contributed by atoms with Crippen molar-refractivity contribution >= 4 is 36.9 Å². The minimum Gasteiger partial charge on any atom is -0.451 e. The van der Waals surface area contributed by atoms with Gasteiger partial charge in [0.25, 0.3) is 0 Å². The lowest BCUT2D eigenvalue weighted by Gasteiger charge is -2.18. The third kappa shape index (κ3) is 8.39. The normalized spacial score (nSPS) is 11.3. The molecule has 66 valence electrons. The maximum atomic E-state index is 10.9. The van der Waals surface area contributed by atoms with Crippen LogP contribution in [0.25, 0.3) is 0 Å². The molecule has 0 unspecified atom stereocenters. The summed E-state index contributed by atoms with van der Waals surface area (Å²) >= 11 is 0. The largest absolute Gasteiger partial charge is 0.451 e. The molecule has 0 aromatic heterocycles. The zero-order valence-electron chi connectivity index (χ0n) is 6.62. The summed E-state index contributed by atoms with van der Waals surface area (Å²) in [5, 5.41) is 4.79. The van der Waals surface area contributed by atoms with Crippen molar-refractivity contribution in [2.24, 2.45) is 5.14 Å². The Morgan fingerprint density at radius 2 is 2.00 bits per heavy atom. The molecule has 0 heterocycles. The number of hydrogen-bond donors (Lipinski definition) is 1. The Labute approximate surface area is 78.1 Å². The zero-order valence-corrected chi connectivity index (χ0v) is 9.07. The number of carbonyl (C=O) groups excluding carboxylic acids is 1. The second kappa shape index (κ2) is 5.18. The van der Waals surface area contributed by atoms with Crippen LogP contribution >= 0.6 is 31.6 Å². The highest BCUT2D eigenvalue weighted by Gasteiger charge is 2.16. The first kappa shape index (κ1) is 11.5. The molecule has 0 amide bonds. The van der Waals surface area contributed by atoms with Crippen LogP contribution in [-0.4, -0.2) is 10.9 Å². The van der Waals surface area contributed by atoms with Gasteiger partial charge in [-0.2, -0.15) is 0 Å². The summed E-state index contributed by atoms with van der Waals surface area (Å²) in [5.41, 5.74) is -0.413. The van der Waals surface area contributed by atoms with Gasteiger partial charge in [-0.05, 0) is 31.8 Å². The Balaban J connectivity index is 3.53. The first-order valence-electron chi connectivity index (χ1n) is 2.89.